The van der Waals surface area contributed by atoms with E-state index in [1.54, 1.807) is 0 Å². The molecule has 3 unspecified atom stereocenters. The van der Waals surface area contributed by atoms with Crippen molar-refractivity contribution in [2.24, 2.45) is 11.7 Å². The number of benzene rings is 2. The third kappa shape index (κ3) is 2.48. The molecular formula is C19H14BrN3O2. The van der Waals surface area contributed by atoms with Crippen molar-refractivity contribution >= 4 is 27.5 Å². The predicted octanol–water partition coefficient (Wildman–Crippen LogP) is 3.57. The maximum Gasteiger partial charge on any atom is 0.232 e. The van der Waals surface area contributed by atoms with Crippen molar-refractivity contribution in [2.75, 3.05) is 5.32 Å². The summed E-state index contributed by atoms with van der Waals surface area (Å²) in [6, 6.07) is 17.2. The Morgan fingerprint density at radius 3 is 2.60 bits per heavy atom. The number of carbonyl (C=O) groups is 1. The van der Waals surface area contributed by atoms with Crippen LogP contribution in [0.2, 0.25) is 0 Å². The van der Waals surface area contributed by atoms with Gasteiger partial charge in [0.05, 0.1) is 11.5 Å². The fourth-order valence-electron chi connectivity index (χ4n) is 3.57. The van der Waals surface area contributed by atoms with Gasteiger partial charge in [-0.15, -0.1) is 0 Å². The minimum atomic E-state index is -0.557. The van der Waals surface area contributed by atoms with E-state index in [4.69, 9.17) is 10.5 Å². The van der Waals surface area contributed by atoms with E-state index in [0.717, 1.165) is 21.3 Å². The molecule has 2 aromatic rings. The average molecular weight is 396 g/mol. The maximum absolute atomic E-state index is 12.8. The molecule has 0 fully saturated rings. The number of halogens is 1. The number of nitrogens with one attached hydrogen (secondary N) is 1. The number of hydrogen-bond acceptors (Lipinski definition) is 4. The molecule has 2 aromatic carbocycles. The number of nitrogens with zero attached hydrogens (tertiary/aromatic N) is 1. The standard InChI is InChI=1S/C19H14BrN3O2/c20-11-7-5-10(6-8-11)15-13(9-21)18(22)25-17-12-3-1-2-4-14(12)23-19(24)16(15)17/h1-8,15-17H,22H2,(H,23,24). The van der Waals surface area contributed by atoms with Crippen molar-refractivity contribution in [1.82, 2.24) is 0 Å². The second kappa shape index (κ2) is 5.94. The number of hydrogen-bond donors (Lipinski definition) is 2. The van der Waals surface area contributed by atoms with Crippen LogP contribution in [-0.2, 0) is 9.53 Å². The van der Waals surface area contributed by atoms with E-state index in [0.29, 0.717) is 0 Å². The van der Waals surface area contributed by atoms with Crippen LogP contribution in [0, 0.1) is 17.2 Å². The lowest BCUT2D eigenvalue weighted by Gasteiger charge is -2.41. The number of allylic oxidation sites excluding steroid dienone is 1. The molecule has 0 spiro atoms. The molecule has 5 nitrogen and oxygen atoms in total. The van der Waals surface area contributed by atoms with Gasteiger partial charge in [0.25, 0.3) is 0 Å². The highest BCUT2D eigenvalue weighted by Crippen LogP contribution is 2.50. The van der Waals surface area contributed by atoms with Crippen molar-refractivity contribution in [3.05, 3.63) is 75.6 Å². The van der Waals surface area contributed by atoms with Crippen LogP contribution in [0.4, 0.5) is 5.69 Å². The molecule has 0 aliphatic carbocycles. The van der Waals surface area contributed by atoms with Gasteiger partial charge in [0, 0.05) is 21.6 Å². The minimum Gasteiger partial charge on any atom is -0.469 e. The highest BCUT2D eigenvalue weighted by atomic mass is 79.9. The van der Waals surface area contributed by atoms with E-state index in [1.807, 2.05) is 48.5 Å². The molecule has 6 heteroatoms. The van der Waals surface area contributed by atoms with Gasteiger partial charge in [0.2, 0.25) is 5.91 Å². The summed E-state index contributed by atoms with van der Waals surface area (Å²) in [7, 11) is 0. The van der Waals surface area contributed by atoms with Crippen LogP contribution in [0.25, 0.3) is 0 Å². The van der Waals surface area contributed by atoms with Crippen molar-refractivity contribution in [3.63, 3.8) is 0 Å². The Morgan fingerprint density at radius 2 is 1.88 bits per heavy atom. The van der Waals surface area contributed by atoms with E-state index < -0.39 is 17.9 Å². The molecule has 1 amide bonds. The average Bonchev–Trinajstić information content (AvgIpc) is 2.61. The maximum atomic E-state index is 12.8. The zero-order valence-electron chi connectivity index (χ0n) is 13.1. The van der Waals surface area contributed by atoms with E-state index in [1.165, 1.54) is 0 Å². The molecule has 2 aliphatic heterocycles. The van der Waals surface area contributed by atoms with Crippen LogP contribution in [0.5, 0.6) is 0 Å². The summed E-state index contributed by atoms with van der Waals surface area (Å²) >= 11 is 3.41. The molecule has 124 valence electrons. The van der Waals surface area contributed by atoms with Crippen molar-refractivity contribution in [3.8, 4) is 6.07 Å². The summed E-state index contributed by atoms with van der Waals surface area (Å²) in [5.74, 6) is -1.10. The third-order valence-corrected chi connectivity index (χ3v) is 5.22. The van der Waals surface area contributed by atoms with Gasteiger partial charge in [0.1, 0.15) is 12.2 Å². The summed E-state index contributed by atoms with van der Waals surface area (Å²) < 4.78 is 6.76. The van der Waals surface area contributed by atoms with E-state index in [9.17, 15) is 10.1 Å². The van der Waals surface area contributed by atoms with E-state index in [2.05, 4.69) is 27.3 Å². The summed E-state index contributed by atoms with van der Waals surface area (Å²) in [4.78, 5) is 12.8. The Morgan fingerprint density at radius 1 is 1.16 bits per heavy atom. The van der Waals surface area contributed by atoms with Crippen LogP contribution in [0.3, 0.4) is 0 Å². The number of carbonyl (C=O) groups excluding carboxylic acids is 1. The Balaban J connectivity index is 1.90. The van der Waals surface area contributed by atoms with Gasteiger partial charge in [-0.3, -0.25) is 4.79 Å². The molecule has 25 heavy (non-hydrogen) atoms. The number of amides is 1. The monoisotopic (exact) mass is 395 g/mol. The SMILES string of the molecule is N#CC1=C(N)OC2c3ccccc3NC(=O)C2C1c1ccc(Br)cc1. The molecule has 2 heterocycles. The van der Waals surface area contributed by atoms with E-state index in [-0.39, 0.29) is 17.4 Å². The second-order valence-corrected chi connectivity index (χ2v) is 6.98. The van der Waals surface area contributed by atoms with E-state index >= 15 is 0 Å². The first-order valence-electron chi connectivity index (χ1n) is 7.82. The fourth-order valence-corrected chi connectivity index (χ4v) is 3.84. The zero-order valence-corrected chi connectivity index (χ0v) is 14.7. The van der Waals surface area contributed by atoms with Crippen LogP contribution < -0.4 is 11.1 Å². The number of nitriles is 1. The van der Waals surface area contributed by atoms with Gasteiger partial charge in [-0.05, 0) is 23.8 Å². The lowest BCUT2D eigenvalue weighted by molar-refractivity contribution is -0.126. The molecule has 3 atom stereocenters. The Labute approximate surface area is 153 Å². The molecule has 4 rings (SSSR count). The first-order chi connectivity index (χ1) is 12.1. The molecule has 0 aromatic heterocycles. The minimum absolute atomic E-state index is 0.0844. The Bertz CT molecular complexity index is 930. The van der Waals surface area contributed by atoms with Crippen molar-refractivity contribution < 1.29 is 9.53 Å². The number of anilines is 1. The van der Waals surface area contributed by atoms with Crippen LogP contribution in [-0.4, -0.2) is 5.91 Å². The normalized spacial score (nSPS) is 24.5. The van der Waals surface area contributed by atoms with Crippen molar-refractivity contribution in [1.29, 1.82) is 5.26 Å². The quantitative estimate of drug-likeness (QED) is 0.772. The Kier molecular flexibility index (Phi) is 3.74. The summed E-state index contributed by atoms with van der Waals surface area (Å²) in [6.07, 6.45) is -0.518. The van der Waals surface area contributed by atoms with Gasteiger partial charge < -0.3 is 15.8 Å². The van der Waals surface area contributed by atoms with Crippen LogP contribution in [0.1, 0.15) is 23.1 Å². The van der Waals surface area contributed by atoms with Gasteiger partial charge in [-0.1, -0.05) is 46.3 Å². The Hall–Kier alpha value is -2.78. The zero-order chi connectivity index (χ0) is 17.6. The van der Waals surface area contributed by atoms with Gasteiger partial charge in [-0.2, -0.15) is 5.26 Å². The number of para-hydroxylation sites is 1. The topological polar surface area (TPSA) is 88.1 Å². The number of fused-ring (bicyclic) bond motifs is 3. The number of rotatable bonds is 1. The fraction of sp³-hybridized carbons (Fsp3) is 0.158. The summed E-state index contributed by atoms with van der Waals surface area (Å²) in [5.41, 5.74) is 8.79. The summed E-state index contributed by atoms with van der Waals surface area (Å²) in [5, 5.41) is 12.5. The predicted molar refractivity (Wildman–Crippen MR) is 96.1 cm³/mol. The largest absolute Gasteiger partial charge is 0.469 e. The second-order valence-electron chi connectivity index (χ2n) is 6.06. The first-order valence-corrected chi connectivity index (χ1v) is 8.61. The molecule has 2 aliphatic rings. The van der Waals surface area contributed by atoms with Gasteiger partial charge in [0.15, 0.2) is 5.88 Å². The molecule has 0 bridgehead atoms. The number of nitrogens with two attached hydrogens (primary N) is 1. The molecule has 0 saturated heterocycles. The highest BCUT2D eigenvalue weighted by molar-refractivity contribution is 9.10. The molecule has 3 N–H and O–H groups in total. The highest BCUT2D eigenvalue weighted by Gasteiger charge is 2.48. The van der Waals surface area contributed by atoms with Crippen LogP contribution in [0.15, 0.2) is 64.5 Å². The number of ether oxygens (including phenoxy) is 1. The van der Waals surface area contributed by atoms with Gasteiger partial charge >= 0.3 is 0 Å². The molecule has 0 saturated carbocycles. The van der Waals surface area contributed by atoms with Crippen LogP contribution >= 0.6 is 15.9 Å². The lowest BCUT2D eigenvalue weighted by atomic mass is 9.72. The van der Waals surface area contributed by atoms with Crippen molar-refractivity contribution in [2.45, 2.75) is 12.0 Å². The smallest absolute Gasteiger partial charge is 0.232 e. The van der Waals surface area contributed by atoms with Gasteiger partial charge in [-0.25, -0.2) is 0 Å². The lowest BCUT2D eigenvalue weighted by Crippen LogP contribution is -2.42. The first kappa shape index (κ1) is 15.7. The third-order valence-electron chi connectivity index (χ3n) is 4.69. The summed E-state index contributed by atoms with van der Waals surface area (Å²) in [6.45, 7) is 0. The molecule has 0 radical (unpaired) electrons. The molecular weight excluding hydrogens is 382 g/mol.